The van der Waals surface area contributed by atoms with E-state index in [1.807, 2.05) is 0 Å². The average molecular weight is 339 g/mol. The van der Waals surface area contributed by atoms with Gasteiger partial charge in [-0.3, -0.25) is 10.1 Å². The molecule has 122 valence electrons. The number of aliphatic hydroxyl groups is 1. The lowest BCUT2D eigenvalue weighted by Crippen LogP contribution is -2.28. The summed E-state index contributed by atoms with van der Waals surface area (Å²) in [6.45, 7) is 0. The Kier molecular flexibility index (Phi) is 4.81. The summed E-state index contributed by atoms with van der Waals surface area (Å²) >= 11 is 5.61. The molecule has 22 heavy (non-hydrogen) atoms. The van der Waals surface area contributed by atoms with Crippen LogP contribution in [0.25, 0.3) is 0 Å². The van der Waals surface area contributed by atoms with E-state index >= 15 is 0 Å². The van der Waals surface area contributed by atoms with Crippen LogP contribution in [0.15, 0.2) is 12.1 Å². The molecule has 5 nitrogen and oxygen atoms in total. The number of anilines is 1. The summed E-state index contributed by atoms with van der Waals surface area (Å²) in [5.74, 6) is 0. The summed E-state index contributed by atoms with van der Waals surface area (Å²) in [5, 5.41) is 22.7. The zero-order chi connectivity index (χ0) is 16.5. The molecule has 1 aliphatic carbocycles. The Hall–Kier alpha value is -1.54. The van der Waals surface area contributed by atoms with Crippen LogP contribution in [0.5, 0.6) is 0 Å². The number of hydrogen-bond acceptors (Lipinski definition) is 4. The Morgan fingerprint density at radius 2 is 1.86 bits per heavy atom. The van der Waals surface area contributed by atoms with E-state index in [-0.39, 0.29) is 11.7 Å². The van der Waals surface area contributed by atoms with Gasteiger partial charge in [0.15, 0.2) is 0 Å². The van der Waals surface area contributed by atoms with Crippen molar-refractivity contribution in [2.45, 2.75) is 44.0 Å². The average Bonchev–Trinajstić information content (AvgIpc) is 2.39. The molecule has 9 heteroatoms. The lowest BCUT2D eigenvalue weighted by Gasteiger charge is -2.27. The molecule has 0 spiro atoms. The van der Waals surface area contributed by atoms with Gasteiger partial charge in [0.2, 0.25) is 0 Å². The fraction of sp³-hybridized carbons (Fsp3) is 0.538. The number of nitrogens with zero attached hydrogens (tertiary/aromatic N) is 1. The Morgan fingerprint density at radius 1 is 1.27 bits per heavy atom. The highest BCUT2D eigenvalue weighted by Gasteiger charge is 2.36. The first-order chi connectivity index (χ1) is 10.2. The van der Waals surface area contributed by atoms with E-state index in [0.717, 1.165) is 6.07 Å². The van der Waals surface area contributed by atoms with Crippen LogP contribution in [0.3, 0.4) is 0 Å². The third kappa shape index (κ3) is 3.80. The van der Waals surface area contributed by atoms with Crippen LogP contribution in [-0.2, 0) is 6.18 Å². The number of nitro benzene ring substituents is 1. The minimum Gasteiger partial charge on any atom is -0.393 e. The van der Waals surface area contributed by atoms with Crippen molar-refractivity contribution in [1.29, 1.82) is 0 Å². The predicted octanol–water partition coefficient (Wildman–Crippen LogP) is 3.98. The summed E-state index contributed by atoms with van der Waals surface area (Å²) in [6, 6.07) is 1.24. The maximum absolute atomic E-state index is 12.8. The molecule has 2 N–H and O–H groups in total. The predicted molar refractivity (Wildman–Crippen MR) is 75.0 cm³/mol. The first-order valence-electron chi connectivity index (χ1n) is 6.68. The van der Waals surface area contributed by atoms with Crippen LogP contribution in [0.2, 0.25) is 5.02 Å². The molecule has 0 unspecified atom stereocenters. The van der Waals surface area contributed by atoms with Gasteiger partial charge in [0.1, 0.15) is 5.69 Å². The lowest BCUT2D eigenvalue weighted by molar-refractivity contribution is -0.384. The maximum Gasteiger partial charge on any atom is 0.418 e. The standard InChI is InChI=1S/C13H14ClF3N2O3/c14-10-6-11(18-7-1-3-8(20)4-2-7)12(19(21)22)5-9(10)13(15,16)17/h5-8,18,20H,1-4H2. The van der Waals surface area contributed by atoms with Crippen molar-refractivity contribution in [3.8, 4) is 0 Å². The number of halogens is 4. The Balaban J connectivity index is 2.31. The molecule has 0 aliphatic heterocycles. The van der Waals surface area contributed by atoms with E-state index in [4.69, 9.17) is 11.6 Å². The highest BCUT2D eigenvalue weighted by Crippen LogP contribution is 2.40. The van der Waals surface area contributed by atoms with Gasteiger partial charge in [-0.25, -0.2) is 0 Å². The van der Waals surface area contributed by atoms with Gasteiger partial charge in [-0.2, -0.15) is 13.2 Å². The molecule has 0 saturated heterocycles. The van der Waals surface area contributed by atoms with Crippen molar-refractivity contribution in [3.63, 3.8) is 0 Å². The van der Waals surface area contributed by atoms with Gasteiger partial charge in [0, 0.05) is 12.1 Å². The van der Waals surface area contributed by atoms with Gasteiger partial charge in [-0.05, 0) is 31.7 Å². The van der Waals surface area contributed by atoms with Gasteiger partial charge < -0.3 is 10.4 Å². The van der Waals surface area contributed by atoms with Crippen LogP contribution in [0.1, 0.15) is 31.2 Å². The normalized spacial score (nSPS) is 22.4. The molecule has 1 aliphatic rings. The van der Waals surface area contributed by atoms with E-state index < -0.39 is 33.5 Å². The van der Waals surface area contributed by atoms with E-state index in [0.29, 0.717) is 31.7 Å². The molecule has 1 fully saturated rings. The molecule has 1 aromatic carbocycles. The smallest absolute Gasteiger partial charge is 0.393 e. The van der Waals surface area contributed by atoms with Crippen LogP contribution < -0.4 is 5.32 Å². The first kappa shape index (κ1) is 16.8. The molecule has 1 saturated carbocycles. The van der Waals surface area contributed by atoms with E-state index in [9.17, 15) is 28.4 Å². The first-order valence-corrected chi connectivity index (χ1v) is 7.06. The maximum atomic E-state index is 12.8. The molecule has 0 aromatic heterocycles. The van der Waals surface area contributed by atoms with Crippen LogP contribution in [0, 0.1) is 10.1 Å². The van der Waals surface area contributed by atoms with Gasteiger partial charge in [-0.1, -0.05) is 11.6 Å². The Bertz CT molecular complexity index is 572. The van der Waals surface area contributed by atoms with Crippen molar-refractivity contribution in [1.82, 2.24) is 0 Å². The number of alkyl halides is 3. The number of aliphatic hydroxyl groups excluding tert-OH is 1. The molecule has 0 bridgehead atoms. The number of nitrogens with one attached hydrogen (secondary N) is 1. The molecular weight excluding hydrogens is 325 g/mol. The minimum absolute atomic E-state index is 0.0376. The van der Waals surface area contributed by atoms with Crippen molar-refractivity contribution < 1.29 is 23.2 Å². The summed E-state index contributed by atoms with van der Waals surface area (Å²) < 4.78 is 38.3. The third-order valence-corrected chi connectivity index (χ3v) is 3.96. The fourth-order valence-corrected chi connectivity index (χ4v) is 2.76. The number of nitro groups is 1. The van der Waals surface area contributed by atoms with Gasteiger partial charge in [0.05, 0.1) is 21.6 Å². The van der Waals surface area contributed by atoms with Gasteiger partial charge >= 0.3 is 6.18 Å². The highest BCUT2D eigenvalue weighted by atomic mass is 35.5. The summed E-state index contributed by atoms with van der Waals surface area (Å²) in [7, 11) is 0. The second-order valence-electron chi connectivity index (χ2n) is 5.25. The van der Waals surface area contributed by atoms with Crippen LogP contribution in [-0.4, -0.2) is 22.2 Å². The molecule has 2 rings (SSSR count). The van der Waals surface area contributed by atoms with Gasteiger partial charge in [0.25, 0.3) is 5.69 Å². The van der Waals surface area contributed by atoms with Crippen LogP contribution >= 0.6 is 11.6 Å². The van der Waals surface area contributed by atoms with E-state index in [2.05, 4.69) is 5.32 Å². The van der Waals surface area contributed by atoms with Crippen molar-refractivity contribution in [2.75, 3.05) is 5.32 Å². The molecule has 0 radical (unpaired) electrons. The number of hydrogen-bond donors (Lipinski definition) is 2. The quantitative estimate of drug-likeness (QED) is 0.645. The topological polar surface area (TPSA) is 75.4 Å². The summed E-state index contributed by atoms with van der Waals surface area (Å²) in [5.41, 5.74) is -1.93. The molecular formula is C13H14ClF3N2O3. The molecule has 1 aromatic rings. The zero-order valence-corrected chi connectivity index (χ0v) is 12.1. The molecule has 0 heterocycles. The number of rotatable bonds is 3. The third-order valence-electron chi connectivity index (χ3n) is 3.64. The second-order valence-corrected chi connectivity index (χ2v) is 5.66. The lowest BCUT2D eigenvalue weighted by atomic mass is 9.93. The zero-order valence-electron chi connectivity index (χ0n) is 11.4. The Labute approximate surface area is 129 Å². The van der Waals surface area contributed by atoms with E-state index in [1.54, 1.807) is 0 Å². The molecule has 0 atom stereocenters. The monoisotopic (exact) mass is 338 g/mol. The van der Waals surface area contributed by atoms with Crippen molar-refractivity contribution in [2.24, 2.45) is 0 Å². The Morgan fingerprint density at radius 3 is 2.36 bits per heavy atom. The van der Waals surface area contributed by atoms with E-state index in [1.165, 1.54) is 0 Å². The SMILES string of the molecule is O=[N+]([O-])c1cc(C(F)(F)F)c(Cl)cc1NC1CCC(O)CC1. The second kappa shape index (κ2) is 6.29. The van der Waals surface area contributed by atoms with Crippen LogP contribution in [0.4, 0.5) is 24.5 Å². The summed E-state index contributed by atoms with van der Waals surface area (Å²) in [6.07, 6.45) is -2.91. The van der Waals surface area contributed by atoms with Crippen molar-refractivity contribution in [3.05, 3.63) is 32.8 Å². The number of benzene rings is 1. The minimum atomic E-state index is -4.75. The van der Waals surface area contributed by atoms with Crippen molar-refractivity contribution >= 4 is 23.0 Å². The highest BCUT2D eigenvalue weighted by molar-refractivity contribution is 6.31. The summed E-state index contributed by atoms with van der Waals surface area (Å²) in [4.78, 5) is 10.2. The largest absolute Gasteiger partial charge is 0.418 e. The van der Waals surface area contributed by atoms with Gasteiger partial charge in [-0.15, -0.1) is 0 Å². The fourth-order valence-electron chi connectivity index (χ4n) is 2.49. The molecule has 0 amide bonds.